The maximum Gasteiger partial charge on any atom is 0.0901 e. The number of hydrogen-bond donors (Lipinski definition) is 1. The Bertz CT molecular complexity index is 370. The Morgan fingerprint density at radius 1 is 1.19 bits per heavy atom. The zero-order valence-corrected chi connectivity index (χ0v) is 11.1. The second-order valence-corrected chi connectivity index (χ2v) is 9.87. The van der Waals surface area contributed by atoms with E-state index < -0.39 is 8.07 Å². The fourth-order valence-corrected chi connectivity index (χ4v) is 5.78. The topological polar surface area (TPSA) is 20.2 Å². The van der Waals surface area contributed by atoms with Gasteiger partial charge in [-0.2, -0.15) is 0 Å². The molecule has 1 aliphatic rings. The molecule has 0 heterocycles. The average Bonchev–Trinajstić information content (AvgIpc) is 2.30. The molecule has 2 atom stereocenters. The van der Waals surface area contributed by atoms with E-state index in [2.05, 4.69) is 55.6 Å². The first-order chi connectivity index (χ1) is 7.62. The normalized spacial score (nSPS) is 25.7. The Hall–Kier alpha value is -0.863. The van der Waals surface area contributed by atoms with E-state index in [0.29, 0.717) is 5.54 Å². The lowest BCUT2D eigenvalue weighted by atomic mass is 10.0. The summed E-state index contributed by atoms with van der Waals surface area (Å²) >= 11 is 0. The number of allylic oxidation sites excluding steroid dienone is 1. The smallest absolute Gasteiger partial charge is 0.0901 e. The molecule has 0 unspecified atom stereocenters. The van der Waals surface area contributed by atoms with Crippen molar-refractivity contribution >= 4 is 13.3 Å². The summed E-state index contributed by atoms with van der Waals surface area (Å²) in [4.78, 5) is 0. The van der Waals surface area contributed by atoms with Crippen molar-refractivity contribution in [2.24, 2.45) is 0 Å². The molecule has 2 heteroatoms. The molecular weight excluding hydrogens is 212 g/mol. The molecule has 0 saturated heterocycles. The van der Waals surface area contributed by atoms with E-state index in [1.54, 1.807) is 0 Å². The number of rotatable bonds is 2. The lowest BCUT2D eigenvalue weighted by Gasteiger charge is -2.36. The highest BCUT2D eigenvalue weighted by Crippen LogP contribution is 2.32. The van der Waals surface area contributed by atoms with Gasteiger partial charge in [0.25, 0.3) is 0 Å². The van der Waals surface area contributed by atoms with Crippen LogP contribution in [0.3, 0.4) is 0 Å². The Morgan fingerprint density at radius 2 is 1.88 bits per heavy atom. The van der Waals surface area contributed by atoms with Crippen LogP contribution in [-0.2, 0) is 0 Å². The van der Waals surface area contributed by atoms with Crippen LogP contribution in [0.25, 0.3) is 0 Å². The highest BCUT2D eigenvalue weighted by atomic mass is 28.3. The van der Waals surface area contributed by atoms with Crippen LogP contribution >= 0.6 is 0 Å². The van der Waals surface area contributed by atoms with Gasteiger partial charge in [0.05, 0.1) is 14.2 Å². The molecule has 0 saturated carbocycles. The van der Waals surface area contributed by atoms with Gasteiger partial charge in [-0.1, -0.05) is 60.8 Å². The van der Waals surface area contributed by atoms with Crippen molar-refractivity contribution in [2.45, 2.75) is 37.6 Å². The summed E-state index contributed by atoms with van der Waals surface area (Å²) in [5.41, 5.74) is 0.364. The van der Waals surface area contributed by atoms with Crippen LogP contribution in [0.15, 0.2) is 42.5 Å². The van der Waals surface area contributed by atoms with Crippen LogP contribution in [0.1, 0.15) is 12.8 Å². The minimum absolute atomic E-state index is 0.146. The number of aliphatic hydroxyl groups excluding tert-OH is 1. The number of aliphatic hydroxyl groups is 1. The fourth-order valence-electron chi connectivity index (χ4n) is 2.60. The predicted octanol–water partition coefficient (Wildman–Crippen LogP) is 2.68. The van der Waals surface area contributed by atoms with Gasteiger partial charge in [-0.05, 0) is 12.8 Å². The van der Waals surface area contributed by atoms with Crippen LogP contribution in [0.5, 0.6) is 0 Å². The summed E-state index contributed by atoms with van der Waals surface area (Å²) in [6.07, 6.45) is 6.27. The maximum atomic E-state index is 10.1. The fraction of sp³-hybridized carbons (Fsp3) is 0.429. The van der Waals surface area contributed by atoms with Gasteiger partial charge in [-0.15, -0.1) is 0 Å². The quantitative estimate of drug-likeness (QED) is 0.614. The molecule has 1 aliphatic carbocycles. The lowest BCUT2D eigenvalue weighted by Crippen LogP contribution is -2.49. The molecule has 1 N–H and O–H groups in total. The SMILES string of the molecule is C[Si](C)(c1ccccc1)[C@H]1C=CCC[C@H]1O. The second kappa shape index (κ2) is 4.56. The van der Waals surface area contributed by atoms with Crippen molar-refractivity contribution in [2.75, 3.05) is 0 Å². The van der Waals surface area contributed by atoms with Crippen molar-refractivity contribution in [1.29, 1.82) is 0 Å². The van der Waals surface area contributed by atoms with Crippen molar-refractivity contribution in [1.82, 2.24) is 0 Å². The van der Waals surface area contributed by atoms with Crippen molar-refractivity contribution in [3.63, 3.8) is 0 Å². The molecule has 0 amide bonds. The van der Waals surface area contributed by atoms with Crippen LogP contribution in [0.2, 0.25) is 18.6 Å². The third kappa shape index (κ3) is 2.13. The molecular formula is C14H20OSi. The molecule has 16 heavy (non-hydrogen) atoms. The van der Waals surface area contributed by atoms with Gasteiger partial charge in [-0.25, -0.2) is 0 Å². The predicted molar refractivity (Wildman–Crippen MR) is 71.7 cm³/mol. The van der Waals surface area contributed by atoms with Crippen LogP contribution in [0.4, 0.5) is 0 Å². The summed E-state index contributed by atoms with van der Waals surface area (Å²) in [6.45, 7) is 4.71. The monoisotopic (exact) mass is 232 g/mol. The highest BCUT2D eigenvalue weighted by Gasteiger charge is 2.37. The summed E-state index contributed by atoms with van der Waals surface area (Å²) in [6, 6.07) is 10.7. The molecule has 0 aromatic heterocycles. The van der Waals surface area contributed by atoms with Gasteiger partial charge in [0.1, 0.15) is 0 Å². The first-order valence-electron chi connectivity index (χ1n) is 6.02. The second-order valence-electron chi connectivity index (χ2n) is 5.19. The third-order valence-electron chi connectivity index (χ3n) is 3.74. The zero-order chi connectivity index (χ0) is 11.6. The maximum absolute atomic E-state index is 10.1. The Labute approximate surface area is 98.8 Å². The van der Waals surface area contributed by atoms with Crippen molar-refractivity contribution in [3.8, 4) is 0 Å². The highest BCUT2D eigenvalue weighted by molar-refractivity contribution is 6.91. The molecule has 2 rings (SSSR count). The van der Waals surface area contributed by atoms with E-state index in [1.165, 1.54) is 5.19 Å². The van der Waals surface area contributed by atoms with Gasteiger partial charge < -0.3 is 5.11 Å². The summed E-state index contributed by atoms with van der Waals surface area (Å²) in [7, 11) is -1.58. The zero-order valence-electron chi connectivity index (χ0n) is 10.1. The van der Waals surface area contributed by atoms with Crippen molar-refractivity contribution in [3.05, 3.63) is 42.5 Å². The first kappa shape index (κ1) is 11.6. The Kier molecular flexibility index (Phi) is 3.31. The Balaban J connectivity index is 2.31. The minimum Gasteiger partial charge on any atom is -0.393 e. The Morgan fingerprint density at radius 3 is 2.50 bits per heavy atom. The number of benzene rings is 1. The molecule has 1 aromatic rings. The van der Waals surface area contributed by atoms with Gasteiger partial charge in [-0.3, -0.25) is 0 Å². The molecule has 1 nitrogen and oxygen atoms in total. The van der Waals surface area contributed by atoms with E-state index in [0.717, 1.165) is 12.8 Å². The minimum atomic E-state index is -1.58. The molecule has 0 bridgehead atoms. The third-order valence-corrected chi connectivity index (χ3v) is 7.80. The van der Waals surface area contributed by atoms with Crippen molar-refractivity contribution < 1.29 is 5.11 Å². The van der Waals surface area contributed by atoms with Crippen LogP contribution in [-0.4, -0.2) is 19.3 Å². The molecule has 0 fully saturated rings. The summed E-state index contributed by atoms with van der Waals surface area (Å²) < 4.78 is 0. The molecule has 0 spiro atoms. The van der Waals surface area contributed by atoms with E-state index in [4.69, 9.17) is 0 Å². The molecule has 0 aliphatic heterocycles. The molecule has 0 radical (unpaired) electrons. The van der Waals surface area contributed by atoms with Crippen LogP contribution < -0.4 is 5.19 Å². The van der Waals surface area contributed by atoms with E-state index in [9.17, 15) is 5.11 Å². The summed E-state index contributed by atoms with van der Waals surface area (Å²) in [5, 5.41) is 11.6. The average molecular weight is 232 g/mol. The number of hydrogen-bond acceptors (Lipinski definition) is 1. The molecule has 1 aromatic carbocycles. The summed E-state index contributed by atoms with van der Waals surface area (Å²) in [5.74, 6) is 0. The van der Waals surface area contributed by atoms with Crippen LogP contribution in [0, 0.1) is 0 Å². The first-order valence-corrected chi connectivity index (χ1v) is 9.10. The largest absolute Gasteiger partial charge is 0.393 e. The van der Waals surface area contributed by atoms with Gasteiger partial charge >= 0.3 is 0 Å². The van der Waals surface area contributed by atoms with E-state index in [-0.39, 0.29) is 6.10 Å². The van der Waals surface area contributed by atoms with E-state index >= 15 is 0 Å². The molecule has 86 valence electrons. The van der Waals surface area contributed by atoms with Gasteiger partial charge in [0.15, 0.2) is 0 Å². The lowest BCUT2D eigenvalue weighted by molar-refractivity contribution is 0.162. The van der Waals surface area contributed by atoms with Gasteiger partial charge in [0.2, 0.25) is 0 Å². The van der Waals surface area contributed by atoms with E-state index in [1.807, 2.05) is 0 Å². The van der Waals surface area contributed by atoms with Gasteiger partial charge in [0, 0.05) is 5.54 Å². The standard InChI is InChI=1S/C14H20OSi/c1-16(2,12-8-4-3-5-9-12)14-11-7-6-10-13(14)15/h3-5,7-9,11,13-15H,6,10H2,1-2H3/t13-,14+/m1/s1.